The van der Waals surface area contributed by atoms with E-state index in [1.807, 2.05) is 0 Å². The van der Waals surface area contributed by atoms with Crippen molar-refractivity contribution in [3.05, 3.63) is 0 Å². The van der Waals surface area contributed by atoms with Crippen LogP contribution in [0.1, 0.15) is 39.0 Å². The van der Waals surface area contributed by atoms with Gasteiger partial charge in [-0.2, -0.15) is 0 Å². The fraction of sp³-hybridized carbons (Fsp3) is 0.923. The zero-order chi connectivity index (χ0) is 11.6. The number of rotatable bonds is 2. The lowest BCUT2D eigenvalue weighted by molar-refractivity contribution is -0.947. The number of piperidine rings is 2. The van der Waals surface area contributed by atoms with E-state index in [1.165, 1.54) is 56.6 Å². The van der Waals surface area contributed by atoms with Crippen LogP contribution in [-0.2, 0) is 9.53 Å². The highest BCUT2D eigenvalue weighted by molar-refractivity contribution is 5.65. The van der Waals surface area contributed by atoms with Gasteiger partial charge in [0.15, 0.2) is 0 Å². The van der Waals surface area contributed by atoms with Gasteiger partial charge in [-0.3, -0.25) is 4.79 Å². The molecule has 0 bridgehead atoms. The number of halogens is 1. The number of nitrogens with zero attached hydrogens (tertiary/aromatic N) is 1. The number of carbonyl (C=O) groups excluding carboxylic acids is 1. The van der Waals surface area contributed by atoms with Crippen LogP contribution in [-0.4, -0.2) is 43.2 Å². The summed E-state index contributed by atoms with van der Waals surface area (Å²) < 4.78 is 6.45. The van der Waals surface area contributed by atoms with Crippen LogP contribution in [0.15, 0.2) is 0 Å². The monoisotopic (exact) mass is 353 g/mol. The molecular weight excluding hydrogens is 329 g/mol. The number of esters is 1. The molecule has 2 rings (SSSR count). The first-order valence-corrected chi connectivity index (χ1v) is 6.59. The highest BCUT2D eigenvalue weighted by Gasteiger charge is 2.43. The molecule has 0 spiro atoms. The van der Waals surface area contributed by atoms with Gasteiger partial charge < -0.3 is 33.2 Å². The number of ether oxygens (including phenoxy) is 1. The van der Waals surface area contributed by atoms with Gasteiger partial charge in [0.1, 0.15) is 0 Å². The van der Waals surface area contributed by atoms with Crippen LogP contribution >= 0.6 is 0 Å². The van der Waals surface area contributed by atoms with Crippen LogP contribution in [0, 0.1) is 5.92 Å². The van der Waals surface area contributed by atoms with Crippen LogP contribution in [0.25, 0.3) is 0 Å². The van der Waals surface area contributed by atoms with Gasteiger partial charge >= 0.3 is 5.97 Å². The molecule has 0 N–H and O–H groups in total. The number of quaternary nitrogens is 1. The SMILES string of the molecule is CC(=O)OC[C@H]1CCC[N+]2(C)CCCCC12.[I-]. The molecule has 3 atom stereocenters. The fourth-order valence-corrected chi connectivity index (χ4v) is 3.65. The van der Waals surface area contributed by atoms with Gasteiger partial charge in [-0.05, 0) is 25.7 Å². The molecule has 0 aromatic carbocycles. The quantitative estimate of drug-likeness (QED) is 0.360. The first-order valence-electron chi connectivity index (χ1n) is 6.59. The number of carbonyl (C=O) groups is 1. The van der Waals surface area contributed by atoms with E-state index in [4.69, 9.17) is 4.74 Å². The van der Waals surface area contributed by atoms with Crippen LogP contribution in [0.3, 0.4) is 0 Å². The second-order valence-corrected chi connectivity index (χ2v) is 5.69. The highest BCUT2D eigenvalue weighted by Crippen LogP contribution is 2.35. The Hall–Kier alpha value is 0.160. The molecule has 2 aliphatic rings. The summed E-state index contributed by atoms with van der Waals surface area (Å²) in [6.07, 6.45) is 6.58. The molecule has 17 heavy (non-hydrogen) atoms. The normalized spacial score (nSPS) is 36.6. The molecule has 2 fully saturated rings. The third-order valence-electron chi connectivity index (χ3n) is 4.51. The van der Waals surface area contributed by atoms with Crippen molar-refractivity contribution in [2.45, 2.75) is 45.1 Å². The van der Waals surface area contributed by atoms with Gasteiger partial charge in [0.05, 0.1) is 32.8 Å². The van der Waals surface area contributed by atoms with Crippen LogP contribution in [0.4, 0.5) is 0 Å². The molecule has 0 saturated carbocycles. The van der Waals surface area contributed by atoms with Crippen molar-refractivity contribution in [3.63, 3.8) is 0 Å². The van der Waals surface area contributed by atoms with Gasteiger partial charge in [0.2, 0.25) is 0 Å². The molecular formula is C13H24INO2. The summed E-state index contributed by atoms with van der Waals surface area (Å²) in [7, 11) is 2.39. The summed E-state index contributed by atoms with van der Waals surface area (Å²) in [4.78, 5) is 10.9. The zero-order valence-corrected chi connectivity index (χ0v) is 13.1. The van der Waals surface area contributed by atoms with E-state index in [1.54, 1.807) is 0 Å². The molecule has 3 nitrogen and oxygen atoms in total. The lowest BCUT2D eigenvalue weighted by Gasteiger charge is -2.51. The van der Waals surface area contributed by atoms with Gasteiger partial charge in [0, 0.05) is 19.3 Å². The summed E-state index contributed by atoms with van der Waals surface area (Å²) in [6.45, 7) is 4.80. The van der Waals surface area contributed by atoms with Crippen molar-refractivity contribution in [2.75, 3.05) is 26.7 Å². The Balaban J connectivity index is 0.00000144. The molecule has 2 unspecified atom stereocenters. The second-order valence-electron chi connectivity index (χ2n) is 5.69. The Morgan fingerprint density at radius 2 is 1.94 bits per heavy atom. The number of hydrogen-bond acceptors (Lipinski definition) is 2. The Kier molecular flexibility index (Phi) is 5.70. The smallest absolute Gasteiger partial charge is 0.302 e. The van der Waals surface area contributed by atoms with E-state index in [9.17, 15) is 4.79 Å². The van der Waals surface area contributed by atoms with E-state index >= 15 is 0 Å². The maximum Gasteiger partial charge on any atom is 0.302 e. The molecule has 0 radical (unpaired) electrons. The van der Waals surface area contributed by atoms with Crippen molar-refractivity contribution in [1.82, 2.24) is 0 Å². The maximum atomic E-state index is 10.9. The van der Waals surface area contributed by atoms with Crippen molar-refractivity contribution in [1.29, 1.82) is 0 Å². The molecule has 0 amide bonds. The Bertz CT molecular complexity index is 268. The van der Waals surface area contributed by atoms with Crippen LogP contribution in [0.2, 0.25) is 0 Å². The van der Waals surface area contributed by atoms with Crippen molar-refractivity contribution >= 4 is 5.97 Å². The van der Waals surface area contributed by atoms with Gasteiger partial charge in [-0.25, -0.2) is 0 Å². The van der Waals surface area contributed by atoms with E-state index in [0.717, 1.165) is 6.04 Å². The van der Waals surface area contributed by atoms with Gasteiger partial charge in [-0.1, -0.05) is 0 Å². The second kappa shape index (κ2) is 6.36. The van der Waals surface area contributed by atoms with Crippen molar-refractivity contribution in [2.24, 2.45) is 5.92 Å². The van der Waals surface area contributed by atoms with Crippen molar-refractivity contribution in [3.8, 4) is 0 Å². The Morgan fingerprint density at radius 1 is 1.24 bits per heavy atom. The summed E-state index contributed by atoms with van der Waals surface area (Å²) in [5.41, 5.74) is 0. The molecule has 2 aliphatic heterocycles. The van der Waals surface area contributed by atoms with Crippen LogP contribution < -0.4 is 24.0 Å². The number of fused-ring (bicyclic) bond motifs is 1. The minimum Gasteiger partial charge on any atom is -1.00 e. The maximum absolute atomic E-state index is 10.9. The predicted octanol–water partition coefficient (Wildman–Crippen LogP) is -1.04. The van der Waals surface area contributed by atoms with Crippen molar-refractivity contribution < 1.29 is 38.0 Å². The standard InChI is InChI=1S/C13H24NO2.HI/c1-11(15)16-10-12-6-5-9-14(2)8-4-3-7-13(12)14;/h12-13H,3-10H2,1-2H3;1H/q+1;/p-1/t12-,13?,14?;/m1./s1. The molecule has 0 aliphatic carbocycles. The average Bonchev–Trinajstić information content (AvgIpc) is 2.25. The topological polar surface area (TPSA) is 26.3 Å². The lowest BCUT2D eigenvalue weighted by atomic mass is 9.82. The third kappa shape index (κ3) is 3.56. The number of hydrogen-bond donors (Lipinski definition) is 0. The van der Waals surface area contributed by atoms with E-state index < -0.39 is 0 Å². The molecule has 0 aromatic rings. The summed E-state index contributed by atoms with van der Waals surface area (Å²) >= 11 is 0. The minimum absolute atomic E-state index is 0. The molecule has 2 saturated heterocycles. The third-order valence-corrected chi connectivity index (χ3v) is 4.51. The summed E-state index contributed by atoms with van der Waals surface area (Å²) in [5.74, 6) is 0.471. The first-order chi connectivity index (χ1) is 7.62. The molecule has 4 heteroatoms. The van der Waals surface area contributed by atoms with E-state index in [-0.39, 0.29) is 29.9 Å². The fourth-order valence-electron chi connectivity index (χ4n) is 3.65. The van der Waals surface area contributed by atoms with Gasteiger partial charge in [-0.15, -0.1) is 0 Å². The Labute approximate surface area is 121 Å². The first kappa shape index (κ1) is 15.2. The molecule has 0 aromatic heterocycles. The Morgan fingerprint density at radius 3 is 2.65 bits per heavy atom. The molecule has 100 valence electrons. The van der Waals surface area contributed by atoms with Crippen LogP contribution in [0.5, 0.6) is 0 Å². The largest absolute Gasteiger partial charge is 1.00 e. The average molecular weight is 353 g/mol. The summed E-state index contributed by atoms with van der Waals surface area (Å²) in [6, 6.07) is 0.738. The zero-order valence-electron chi connectivity index (χ0n) is 11.0. The van der Waals surface area contributed by atoms with E-state index in [2.05, 4.69) is 7.05 Å². The minimum atomic E-state index is -0.129. The predicted molar refractivity (Wildman–Crippen MR) is 62.9 cm³/mol. The van der Waals surface area contributed by atoms with Gasteiger partial charge in [0.25, 0.3) is 0 Å². The van der Waals surface area contributed by atoms with E-state index in [0.29, 0.717) is 12.5 Å². The molecule has 2 heterocycles. The lowest BCUT2D eigenvalue weighted by Crippen LogP contribution is -3.00. The highest BCUT2D eigenvalue weighted by atomic mass is 127. The summed E-state index contributed by atoms with van der Waals surface area (Å²) in [5, 5.41) is 0.